The molecule has 40 heavy (non-hydrogen) atoms. The second-order valence-corrected chi connectivity index (χ2v) is 8.96. The van der Waals surface area contributed by atoms with Crippen molar-refractivity contribution in [2.75, 3.05) is 32.4 Å². The number of likely N-dealkylation sites (N-methyl/N-ethyl adjacent to an activating group) is 1. The molecule has 0 aliphatic carbocycles. The Hall–Kier alpha value is -4.45. The SMILES string of the molecule is [2H]C([2H])(C)Oc1cc2ncc(C#N)c(Nc3ccc(OC([2H])([2H])c4ccccn4)c(Cl)c3)c2cc1CC(=O)/C=C/CN(C)C([2H])([2H])[2H]. The van der Waals surface area contributed by atoms with Crippen LogP contribution >= 0.6 is 11.6 Å². The van der Waals surface area contributed by atoms with Crippen LogP contribution in [0.4, 0.5) is 11.4 Å². The molecule has 0 bridgehead atoms. The lowest BCUT2D eigenvalue weighted by atomic mass is 10.0. The van der Waals surface area contributed by atoms with E-state index in [1.54, 1.807) is 24.3 Å². The molecule has 0 unspecified atom stereocenters. The summed E-state index contributed by atoms with van der Waals surface area (Å²) in [6.07, 6.45) is 5.25. The Balaban J connectivity index is 1.68. The minimum atomic E-state index is -2.32. The van der Waals surface area contributed by atoms with Gasteiger partial charge in [0.25, 0.3) is 0 Å². The summed E-state index contributed by atoms with van der Waals surface area (Å²) in [6, 6.07) is 14.5. The highest BCUT2D eigenvalue weighted by Crippen LogP contribution is 2.36. The second kappa shape index (κ2) is 13.6. The summed E-state index contributed by atoms with van der Waals surface area (Å²) in [7, 11) is 1.41. The number of rotatable bonds is 12. The number of hydrogen-bond acceptors (Lipinski definition) is 8. The molecule has 2 aromatic carbocycles. The number of nitrogens with one attached hydrogen (secondary N) is 1. The van der Waals surface area contributed by atoms with Crippen molar-refractivity contribution >= 4 is 39.7 Å². The summed E-state index contributed by atoms with van der Waals surface area (Å²) in [5.74, 6) is -0.264. The molecule has 0 aliphatic heterocycles. The first-order valence-corrected chi connectivity index (χ1v) is 12.5. The van der Waals surface area contributed by atoms with Crippen molar-refractivity contribution in [1.29, 1.82) is 5.26 Å². The number of ketones is 1. The van der Waals surface area contributed by atoms with Gasteiger partial charge in [-0.15, -0.1) is 0 Å². The third-order valence-corrected chi connectivity index (χ3v) is 5.86. The molecule has 1 N–H and O–H groups in total. The van der Waals surface area contributed by atoms with Crippen LogP contribution in [0.25, 0.3) is 10.9 Å². The van der Waals surface area contributed by atoms with Crippen LogP contribution in [-0.2, 0) is 17.8 Å². The Morgan fingerprint density at radius 3 is 2.83 bits per heavy atom. The Morgan fingerprint density at radius 2 is 2.10 bits per heavy atom. The average Bonchev–Trinajstić information content (AvgIpc) is 2.98. The van der Waals surface area contributed by atoms with Gasteiger partial charge in [0.2, 0.25) is 0 Å². The highest BCUT2D eigenvalue weighted by molar-refractivity contribution is 6.32. The lowest BCUT2D eigenvalue weighted by Crippen LogP contribution is -2.11. The van der Waals surface area contributed by atoms with Gasteiger partial charge in [0, 0.05) is 52.2 Å². The summed E-state index contributed by atoms with van der Waals surface area (Å²) < 4.78 is 65.8. The maximum atomic E-state index is 12.9. The van der Waals surface area contributed by atoms with E-state index in [0.717, 1.165) is 4.90 Å². The standard InChI is InChI=1S/C31H30ClN5O3/c1-4-39-30-17-28-26(15-21(30)14-25(38)9-7-13-37(2)3)31(22(18-33)19-35-28)36-23-10-11-29(27(32)16-23)40-20-24-8-5-6-12-34-24/h5-12,15-17,19H,4,13-14,20H2,1-3H3,(H,35,36)/b9-7+/i2D3,4D2,20D2. The van der Waals surface area contributed by atoms with Gasteiger partial charge in [0.05, 0.1) is 39.5 Å². The van der Waals surface area contributed by atoms with Crippen LogP contribution in [0.15, 0.2) is 73.1 Å². The molecule has 0 saturated carbocycles. The molecule has 8 nitrogen and oxygen atoms in total. The number of carbonyl (C=O) groups is 1. The number of nitrogens with zero attached hydrogens (tertiary/aromatic N) is 4. The molecule has 4 aromatic rings. The number of anilines is 2. The molecule has 0 fully saturated rings. The van der Waals surface area contributed by atoms with Gasteiger partial charge in [0.15, 0.2) is 5.78 Å². The van der Waals surface area contributed by atoms with E-state index in [1.165, 1.54) is 62.8 Å². The second-order valence-electron chi connectivity index (χ2n) is 8.56. The number of aromatic nitrogens is 2. The largest absolute Gasteiger partial charge is 0.494 e. The van der Waals surface area contributed by atoms with E-state index in [4.69, 9.17) is 30.7 Å². The van der Waals surface area contributed by atoms with E-state index < -0.39 is 25.9 Å². The van der Waals surface area contributed by atoms with Gasteiger partial charge in [-0.05, 0) is 63.4 Å². The monoisotopic (exact) mass is 562 g/mol. The van der Waals surface area contributed by atoms with E-state index in [1.807, 2.05) is 0 Å². The maximum Gasteiger partial charge on any atom is 0.159 e. The Kier molecular flexibility index (Phi) is 6.93. The fraction of sp³-hybridized carbons (Fsp3) is 0.226. The lowest BCUT2D eigenvalue weighted by Gasteiger charge is -2.16. The van der Waals surface area contributed by atoms with Crippen molar-refractivity contribution in [3.63, 3.8) is 0 Å². The minimum Gasteiger partial charge on any atom is -0.494 e. The molecule has 2 heterocycles. The van der Waals surface area contributed by atoms with Crippen LogP contribution < -0.4 is 14.8 Å². The molecular weight excluding hydrogens is 526 g/mol. The van der Waals surface area contributed by atoms with Crippen LogP contribution in [-0.4, -0.2) is 47.8 Å². The van der Waals surface area contributed by atoms with E-state index in [-0.39, 0.29) is 40.7 Å². The highest BCUT2D eigenvalue weighted by atomic mass is 35.5. The third kappa shape index (κ3) is 7.35. The van der Waals surface area contributed by atoms with Gasteiger partial charge >= 0.3 is 0 Å². The molecule has 4 rings (SSSR count). The summed E-state index contributed by atoms with van der Waals surface area (Å²) in [5.41, 5.74) is 1.61. The van der Waals surface area contributed by atoms with Gasteiger partial charge in [-0.25, -0.2) is 0 Å². The number of halogens is 1. The van der Waals surface area contributed by atoms with Crippen LogP contribution in [0.3, 0.4) is 0 Å². The fourth-order valence-electron chi connectivity index (χ4n) is 3.75. The quantitative estimate of drug-likeness (QED) is 0.207. The number of pyridine rings is 2. The zero-order chi connectivity index (χ0) is 34.6. The van der Waals surface area contributed by atoms with Gasteiger partial charge in [-0.2, -0.15) is 5.26 Å². The van der Waals surface area contributed by atoms with Crippen molar-refractivity contribution in [3.05, 3.63) is 94.9 Å². The van der Waals surface area contributed by atoms with Crippen LogP contribution in [0.5, 0.6) is 11.5 Å². The molecule has 2 aromatic heterocycles. The molecule has 0 amide bonds. The molecule has 0 aliphatic rings. The molecule has 0 saturated heterocycles. The van der Waals surface area contributed by atoms with Gasteiger partial charge in [-0.3, -0.25) is 14.8 Å². The Bertz CT molecular complexity index is 1840. The summed E-state index contributed by atoms with van der Waals surface area (Å²) in [4.78, 5) is 22.4. The van der Waals surface area contributed by atoms with Crippen molar-refractivity contribution in [3.8, 4) is 17.6 Å². The lowest BCUT2D eigenvalue weighted by molar-refractivity contribution is -0.114. The topological polar surface area (TPSA) is 100 Å². The zero-order valence-corrected chi connectivity index (χ0v) is 22.5. The van der Waals surface area contributed by atoms with Crippen molar-refractivity contribution in [1.82, 2.24) is 14.9 Å². The zero-order valence-electron chi connectivity index (χ0n) is 28.7. The third-order valence-electron chi connectivity index (χ3n) is 5.56. The van der Waals surface area contributed by atoms with Crippen LogP contribution in [0, 0.1) is 11.3 Å². The normalized spacial score (nSPS) is 14.7. The molecule has 0 atom stereocenters. The van der Waals surface area contributed by atoms with Gasteiger partial charge < -0.3 is 19.7 Å². The van der Waals surface area contributed by atoms with Crippen molar-refractivity contribution in [2.45, 2.75) is 19.9 Å². The summed E-state index contributed by atoms with van der Waals surface area (Å²) in [6.45, 7) is -5.46. The van der Waals surface area contributed by atoms with E-state index >= 15 is 0 Å². The Labute approximate surface area is 248 Å². The smallest absolute Gasteiger partial charge is 0.159 e. The van der Waals surface area contributed by atoms with Crippen molar-refractivity contribution in [2.24, 2.45) is 0 Å². The van der Waals surface area contributed by atoms with Crippen molar-refractivity contribution < 1.29 is 23.9 Å². The number of fused-ring (bicyclic) bond motifs is 1. The number of carbonyl (C=O) groups excluding carboxylic acids is 1. The summed E-state index contributed by atoms with van der Waals surface area (Å²) in [5, 5.41) is 13.6. The molecule has 0 radical (unpaired) electrons. The molecule has 204 valence electrons. The number of benzene rings is 2. The Morgan fingerprint density at radius 1 is 1.23 bits per heavy atom. The highest BCUT2D eigenvalue weighted by Gasteiger charge is 2.16. The number of nitriles is 1. The fourth-order valence-corrected chi connectivity index (χ4v) is 3.97. The first-order chi connectivity index (χ1) is 22.0. The van der Waals surface area contributed by atoms with E-state index in [2.05, 4.69) is 21.4 Å². The van der Waals surface area contributed by atoms with Gasteiger partial charge in [0.1, 0.15) is 24.1 Å². The van der Waals surface area contributed by atoms with E-state index in [0.29, 0.717) is 27.8 Å². The maximum absolute atomic E-state index is 12.9. The van der Waals surface area contributed by atoms with Crippen LogP contribution in [0.1, 0.15) is 33.3 Å². The first kappa shape index (κ1) is 20.5. The summed E-state index contributed by atoms with van der Waals surface area (Å²) >= 11 is 6.47. The minimum absolute atomic E-state index is 0.00441. The first-order valence-electron chi connectivity index (χ1n) is 15.6. The molecular formula is C31H30ClN5O3. The predicted octanol–water partition coefficient (Wildman–Crippen LogP) is 6.11. The number of hydrogen-bond donors (Lipinski definition) is 1. The molecule has 0 spiro atoms. The van der Waals surface area contributed by atoms with Gasteiger partial charge in [-0.1, -0.05) is 23.7 Å². The van der Waals surface area contributed by atoms with Crippen LogP contribution in [0.2, 0.25) is 5.02 Å². The predicted molar refractivity (Wildman–Crippen MR) is 157 cm³/mol. The number of allylic oxidation sites excluding steroid dienone is 1. The van der Waals surface area contributed by atoms with E-state index in [9.17, 15) is 10.1 Å². The molecule has 9 heteroatoms. The number of ether oxygens (including phenoxy) is 2. The average molecular weight is 563 g/mol.